The number of aliphatic carboxylic acids is 1. The molecule has 1 amide bonds. The molecule has 0 saturated heterocycles. The number of nitrogens with one attached hydrogen (secondary N) is 1. The third-order valence-corrected chi connectivity index (χ3v) is 4.96. The number of para-hydroxylation sites is 1. The molecule has 1 aromatic carbocycles. The number of carboxylic acids is 2. The molecule has 1 aromatic heterocycles. The van der Waals surface area contributed by atoms with Crippen molar-refractivity contribution < 1.29 is 34.3 Å². The van der Waals surface area contributed by atoms with Gasteiger partial charge in [0.15, 0.2) is 5.13 Å². The van der Waals surface area contributed by atoms with Crippen molar-refractivity contribution in [3.05, 3.63) is 40.4 Å². The Bertz CT molecular complexity index is 935. The summed E-state index contributed by atoms with van der Waals surface area (Å²) in [7, 11) is -1.50. The zero-order chi connectivity index (χ0) is 20.4. The number of aromatic nitrogens is 1. The van der Waals surface area contributed by atoms with Gasteiger partial charge in [-0.05, 0) is 18.1 Å². The van der Waals surface area contributed by atoms with Crippen LogP contribution in [0.1, 0.15) is 34.0 Å². The van der Waals surface area contributed by atoms with Crippen LogP contribution in [0.3, 0.4) is 0 Å². The lowest BCUT2D eigenvalue weighted by atomic mass is 9.72. The standard InChI is InChI=1S/C16H16BN3O7S/c18-16-19-10(6-28-16)9(5-12(21)22)14(23)20-11-4-7-2-1-3-8(15(24)25)13(7)27-17(11)26/h1-3,6,9,11,26H,4-5H2,(H2,18,19)(H,20,23)(H,21,22)(H,24,25)/t9?,11-/m0/s1. The van der Waals surface area contributed by atoms with E-state index < -0.39 is 43.2 Å². The molecule has 3 rings (SSSR count). The Balaban J connectivity index is 1.80. The van der Waals surface area contributed by atoms with E-state index in [2.05, 4.69) is 10.3 Å². The van der Waals surface area contributed by atoms with Gasteiger partial charge in [-0.2, -0.15) is 0 Å². The predicted octanol–water partition coefficient (Wildman–Crippen LogP) is 0.121. The molecule has 6 N–H and O–H groups in total. The highest BCUT2D eigenvalue weighted by Crippen LogP contribution is 2.31. The van der Waals surface area contributed by atoms with Crippen molar-refractivity contribution in [1.82, 2.24) is 10.3 Å². The van der Waals surface area contributed by atoms with Crippen molar-refractivity contribution in [2.24, 2.45) is 0 Å². The number of rotatable bonds is 6. The minimum Gasteiger partial charge on any atom is -0.534 e. The number of amides is 1. The fourth-order valence-electron chi connectivity index (χ4n) is 2.97. The van der Waals surface area contributed by atoms with Gasteiger partial charge in [0.25, 0.3) is 0 Å². The van der Waals surface area contributed by atoms with Crippen LogP contribution in [0.25, 0.3) is 0 Å². The largest absolute Gasteiger partial charge is 0.547 e. The molecule has 0 aliphatic carbocycles. The Morgan fingerprint density at radius 2 is 2.14 bits per heavy atom. The number of anilines is 1. The van der Waals surface area contributed by atoms with Gasteiger partial charge in [-0.1, -0.05) is 12.1 Å². The number of nitrogens with zero attached hydrogens (tertiary/aromatic N) is 1. The number of thiazole rings is 1. The van der Waals surface area contributed by atoms with Crippen molar-refractivity contribution in [2.45, 2.75) is 24.7 Å². The van der Waals surface area contributed by atoms with Gasteiger partial charge in [-0.15, -0.1) is 11.3 Å². The number of carbonyl (C=O) groups excluding carboxylic acids is 1. The van der Waals surface area contributed by atoms with Gasteiger partial charge in [0, 0.05) is 5.38 Å². The second-order valence-corrected chi connectivity index (χ2v) is 7.08. The van der Waals surface area contributed by atoms with Crippen LogP contribution in [-0.2, 0) is 16.0 Å². The van der Waals surface area contributed by atoms with Crippen molar-refractivity contribution in [1.29, 1.82) is 0 Å². The van der Waals surface area contributed by atoms with E-state index in [1.165, 1.54) is 17.5 Å². The molecule has 2 atom stereocenters. The van der Waals surface area contributed by atoms with Crippen LogP contribution in [0.5, 0.6) is 5.75 Å². The molecule has 146 valence electrons. The number of nitrogen functional groups attached to an aromatic ring is 1. The van der Waals surface area contributed by atoms with E-state index in [4.69, 9.17) is 15.5 Å². The number of benzene rings is 1. The molecule has 0 bridgehead atoms. The molecule has 0 radical (unpaired) electrons. The van der Waals surface area contributed by atoms with Crippen LogP contribution in [0.15, 0.2) is 23.6 Å². The van der Waals surface area contributed by atoms with Gasteiger partial charge in [-0.3, -0.25) is 9.59 Å². The van der Waals surface area contributed by atoms with Crippen LogP contribution in [-0.4, -0.2) is 51.1 Å². The third-order valence-electron chi connectivity index (χ3n) is 4.27. The van der Waals surface area contributed by atoms with Gasteiger partial charge in [0.2, 0.25) is 5.91 Å². The van der Waals surface area contributed by atoms with Gasteiger partial charge in [-0.25, -0.2) is 9.78 Å². The Morgan fingerprint density at radius 1 is 1.39 bits per heavy atom. The van der Waals surface area contributed by atoms with E-state index in [1.54, 1.807) is 6.07 Å². The molecule has 12 heteroatoms. The first-order chi connectivity index (χ1) is 13.3. The van der Waals surface area contributed by atoms with Crippen LogP contribution < -0.4 is 15.7 Å². The van der Waals surface area contributed by atoms with E-state index in [0.717, 1.165) is 11.3 Å². The van der Waals surface area contributed by atoms with Gasteiger partial charge in [0.05, 0.1) is 29.5 Å². The predicted molar refractivity (Wildman–Crippen MR) is 99.2 cm³/mol. The molecule has 0 fully saturated rings. The summed E-state index contributed by atoms with van der Waals surface area (Å²) < 4.78 is 5.32. The molecule has 1 aliphatic rings. The molecule has 0 spiro atoms. The third kappa shape index (κ3) is 4.07. The minimum atomic E-state index is -1.50. The maximum atomic E-state index is 12.7. The number of hydrogen-bond donors (Lipinski definition) is 5. The van der Waals surface area contributed by atoms with Gasteiger partial charge >= 0.3 is 19.1 Å². The maximum Gasteiger partial charge on any atom is 0.547 e. The molecular weight excluding hydrogens is 389 g/mol. The zero-order valence-electron chi connectivity index (χ0n) is 14.4. The van der Waals surface area contributed by atoms with Gasteiger partial charge < -0.3 is 30.9 Å². The number of hydrogen-bond acceptors (Lipinski definition) is 8. The van der Waals surface area contributed by atoms with Crippen LogP contribution >= 0.6 is 11.3 Å². The van der Waals surface area contributed by atoms with E-state index >= 15 is 0 Å². The quantitative estimate of drug-likeness (QED) is 0.419. The van der Waals surface area contributed by atoms with Crippen molar-refractivity contribution in [3.8, 4) is 5.75 Å². The van der Waals surface area contributed by atoms with Crippen LogP contribution in [0.4, 0.5) is 5.13 Å². The van der Waals surface area contributed by atoms with E-state index in [9.17, 15) is 24.5 Å². The van der Waals surface area contributed by atoms with Gasteiger partial charge in [0.1, 0.15) is 5.75 Å². The van der Waals surface area contributed by atoms with Crippen molar-refractivity contribution in [3.63, 3.8) is 0 Å². The lowest BCUT2D eigenvalue weighted by Crippen LogP contribution is -2.54. The summed E-state index contributed by atoms with van der Waals surface area (Å²) >= 11 is 1.08. The fourth-order valence-corrected chi connectivity index (χ4v) is 3.58. The second-order valence-electron chi connectivity index (χ2n) is 6.19. The fraction of sp³-hybridized carbons (Fsp3) is 0.250. The summed E-state index contributed by atoms with van der Waals surface area (Å²) in [5.74, 6) is -4.99. The number of aromatic carboxylic acids is 1. The number of fused-ring (bicyclic) bond motifs is 1. The smallest absolute Gasteiger partial charge is 0.534 e. The Hall–Kier alpha value is -3.12. The summed E-state index contributed by atoms with van der Waals surface area (Å²) in [6.07, 6.45) is -0.388. The van der Waals surface area contributed by atoms with Crippen molar-refractivity contribution >= 4 is 41.4 Å². The van der Waals surface area contributed by atoms with Crippen LogP contribution in [0, 0.1) is 0 Å². The van der Waals surface area contributed by atoms with E-state index in [-0.39, 0.29) is 28.6 Å². The maximum absolute atomic E-state index is 12.7. The highest BCUT2D eigenvalue weighted by atomic mass is 32.1. The van der Waals surface area contributed by atoms with E-state index in [1.807, 2.05) is 0 Å². The summed E-state index contributed by atoms with van der Waals surface area (Å²) in [6.45, 7) is 0. The summed E-state index contributed by atoms with van der Waals surface area (Å²) in [6, 6.07) is 4.51. The monoisotopic (exact) mass is 405 g/mol. The number of carbonyl (C=O) groups is 3. The SMILES string of the molecule is Nc1nc(C(CC(=O)O)C(=O)N[C@H]2Cc3cccc(C(=O)O)c3OB2O)cs1. The first-order valence-electron chi connectivity index (χ1n) is 8.19. The lowest BCUT2D eigenvalue weighted by molar-refractivity contribution is -0.139. The average Bonchev–Trinajstić information content (AvgIpc) is 3.05. The average molecular weight is 405 g/mol. The molecule has 1 aliphatic heterocycles. The number of nitrogens with two attached hydrogens (primary N) is 1. The Labute approximate surface area is 163 Å². The number of carboxylic acid groups (broad SMARTS) is 2. The second kappa shape index (κ2) is 7.86. The highest BCUT2D eigenvalue weighted by molar-refractivity contribution is 7.13. The molecule has 2 heterocycles. The highest BCUT2D eigenvalue weighted by Gasteiger charge is 2.39. The molecule has 28 heavy (non-hydrogen) atoms. The normalized spacial score (nSPS) is 16.6. The molecule has 2 aromatic rings. The minimum absolute atomic E-state index is 0.0439. The Kier molecular flexibility index (Phi) is 5.52. The topological polar surface area (TPSA) is 172 Å². The first kappa shape index (κ1) is 19.6. The first-order valence-corrected chi connectivity index (χ1v) is 9.07. The Morgan fingerprint density at radius 3 is 2.75 bits per heavy atom. The summed E-state index contributed by atoms with van der Waals surface area (Å²) in [4.78, 5) is 39.1. The molecule has 10 nitrogen and oxygen atoms in total. The zero-order valence-corrected chi connectivity index (χ0v) is 15.2. The van der Waals surface area contributed by atoms with E-state index in [0.29, 0.717) is 5.56 Å². The lowest BCUT2D eigenvalue weighted by Gasteiger charge is -2.29. The van der Waals surface area contributed by atoms with Crippen molar-refractivity contribution in [2.75, 3.05) is 5.73 Å². The molecule has 1 unspecified atom stereocenters. The molecular formula is C16H16BN3O7S. The molecule has 0 saturated carbocycles. The summed E-state index contributed by atoms with van der Waals surface area (Å²) in [5, 5.41) is 32.8. The van der Waals surface area contributed by atoms with Crippen LogP contribution in [0.2, 0.25) is 0 Å². The summed E-state index contributed by atoms with van der Waals surface area (Å²) in [5.41, 5.74) is 6.20.